The van der Waals surface area contributed by atoms with Crippen molar-refractivity contribution in [3.05, 3.63) is 28.2 Å². The first-order valence-corrected chi connectivity index (χ1v) is 6.92. The van der Waals surface area contributed by atoms with Crippen molar-refractivity contribution in [2.45, 2.75) is 31.9 Å². The van der Waals surface area contributed by atoms with E-state index in [1.165, 1.54) is 5.56 Å². The second kappa shape index (κ2) is 7.77. The van der Waals surface area contributed by atoms with Gasteiger partial charge in [0.05, 0.1) is 13.2 Å². The Balaban J connectivity index is 2.77. The standard InChI is InChI=1S/C14H22BrNO2/c1-10(17-3)7-13(16-2)9-11-8-12(15)5-6-14(11)18-4/h5-6,8,10,13,16H,7,9H2,1-4H3. The van der Waals surface area contributed by atoms with E-state index in [1.54, 1.807) is 14.2 Å². The first-order valence-electron chi connectivity index (χ1n) is 6.13. The molecule has 2 atom stereocenters. The fraction of sp³-hybridized carbons (Fsp3) is 0.571. The molecule has 0 fully saturated rings. The Hall–Kier alpha value is -0.580. The Labute approximate surface area is 118 Å². The molecule has 2 unspecified atom stereocenters. The van der Waals surface area contributed by atoms with Crippen molar-refractivity contribution in [3.8, 4) is 5.75 Å². The zero-order chi connectivity index (χ0) is 13.5. The topological polar surface area (TPSA) is 30.5 Å². The highest BCUT2D eigenvalue weighted by atomic mass is 79.9. The van der Waals surface area contributed by atoms with Gasteiger partial charge in [0.15, 0.2) is 0 Å². The van der Waals surface area contributed by atoms with Crippen LogP contribution in [0.15, 0.2) is 22.7 Å². The smallest absolute Gasteiger partial charge is 0.122 e. The van der Waals surface area contributed by atoms with Crippen LogP contribution >= 0.6 is 15.9 Å². The molecule has 18 heavy (non-hydrogen) atoms. The Morgan fingerprint density at radius 2 is 2.06 bits per heavy atom. The molecule has 0 aliphatic carbocycles. The molecule has 1 aromatic rings. The lowest BCUT2D eigenvalue weighted by molar-refractivity contribution is 0.101. The van der Waals surface area contributed by atoms with E-state index in [9.17, 15) is 0 Å². The normalized spacial score (nSPS) is 14.3. The third-order valence-corrected chi connectivity index (χ3v) is 3.63. The van der Waals surface area contributed by atoms with Gasteiger partial charge < -0.3 is 14.8 Å². The predicted octanol–water partition coefficient (Wildman–Crippen LogP) is 3.01. The Bertz CT molecular complexity index is 371. The van der Waals surface area contributed by atoms with Crippen molar-refractivity contribution in [2.24, 2.45) is 0 Å². The van der Waals surface area contributed by atoms with Crippen molar-refractivity contribution in [1.29, 1.82) is 0 Å². The fourth-order valence-electron chi connectivity index (χ4n) is 1.97. The van der Waals surface area contributed by atoms with Gasteiger partial charge in [0.2, 0.25) is 0 Å². The van der Waals surface area contributed by atoms with Gasteiger partial charge in [0.25, 0.3) is 0 Å². The van der Waals surface area contributed by atoms with Gasteiger partial charge in [-0.25, -0.2) is 0 Å². The van der Waals surface area contributed by atoms with Crippen molar-refractivity contribution >= 4 is 15.9 Å². The van der Waals surface area contributed by atoms with E-state index in [4.69, 9.17) is 9.47 Å². The van der Waals surface area contributed by atoms with Crippen molar-refractivity contribution < 1.29 is 9.47 Å². The molecule has 1 aromatic carbocycles. The van der Waals surface area contributed by atoms with Gasteiger partial charge in [-0.1, -0.05) is 15.9 Å². The summed E-state index contributed by atoms with van der Waals surface area (Å²) in [5.41, 5.74) is 1.20. The van der Waals surface area contributed by atoms with E-state index in [0.717, 1.165) is 23.1 Å². The summed E-state index contributed by atoms with van der Waals surface area (Å²) in [4.78, 5) is 0. The quantitative estimate of drug-likeness (QED) is 0.839. The molecule has 0 amide bonds. The van der Waals surface area contributed by atoms with Crippen LogP contribution in [0.1, 0.15) is 18.9 Å². The van der Waals surface area contributed by atoms with Crippen LogP contribution in [0.3, 0.4) is 0 Å². The number of hydrogen-bond acceptors (Lipinski definition) is 3. The zero-order valence-corrected chi connectivity index (χ0v) is 13.1. The molecule has 0 saturated carbocycles. The van der Waals surface area contributed by atoms with Crippen molar-refractivity contribution in [3.63, 3.8) is 0 Å². The van der Waals surface area contributed by atoms with Crippen LogP contribution in [0, 0.1) is 0 Å². The lowest BCUT2D eigenvalue weighted by Crippen LogP contribution is -2.31. The molecule has 0 saturated heterocycles. The lowest BCUT2D eigenvalue weighted by Gasteiger charge is -2.21. The molecule has 0 heterocycles. The Kier molecular flexibility index (Phi) is 6.68. The summed E-state index contributed by atoms with van der Waals surface area (Å²) in [5.74, 6) is 0.934. The summed E-state index contributed by atoms with van der Waals surface area (Å²) in [6, 6.07) is 6.48. The lowest BCUT2D eigenvalue weighted by atomic mass is 10.0. The maximum Gasteiger partial charge on any atom is 0.122 e. The third kappa shape index (κ3) is 4.59. The van der Waals surface area contributed by atoms with E-state index in [-0.39, 0.29) is 6.10 Å². The number of benzene rings is 1. The van der Waals surface area contributed by atoms with Crippen LogP contribution in [0.2, 0.25) is 0 Å². The second-order valence-electron chi connectivity index (χ2n) is 4.43. The van der Waals surface area contributed by atoms with E-state index in [1.807, 2.05) is 19.2 Å². The summed E-state index contributed by atoms with van der Waals surface area (Å²) >= 11 is 3.50. The number of hydrogen-bond donors (Lipinski definition) is 1. The van der Waals surface area contributed by atoms with Crippen molar-refractivity contribution in [1.82, 2.24) is 5.32 Å². The monoisotopic (exact) mass is 315 g/mol. The summed E-state index contributed by atoms with van der Waals surface area (Å²) in [7, 11) is 5.44. The average molecular weight is 316 g/mol. The minimum atomic E-state index is 0.251. The molecule has 1 rings (SSSR count). The SMILES string of the molecule is CNC(Cc1cc(Br)ccc1OC)CC(C)OC. The molecular weight excluding hydrogens is 294 g/mol. The summed E-state index contributed by atoms with van der Waals surface area (Å²) in [6.07, 6.45) is 2.15. The predicted molar refractivity (Wildman–Crippen MR) is 78.3 cm³/mol. The van der Waals surface area contributed by atoms with Gasteiger partial charge in [-0.15, -0.1) is 0 Å². The summed E-state index contributed by atoms with van der Waals surface area (Å²) in [5, 5.41) is 3.34. The van der Waals surface area contributed by atoms with Crippen LogP contribution in [0.25, 0.3) is 0 Å². The Morgan fingerprint density at radius 3 is 2.61 bits per heavy atom. The van der Waals surface area contributed by atoms with Gasteiger partial charge in [-0.05, 0) is 50.6 Å². The first-order chi connectivity index (χ1) is 8.60. The molecule has 4 heteroatoms. The molecule has 0 aliphatic rings. The van der Waals surface area contributed by atoms with Gasteiger partial charge in [0.1, 0.15) is 5.75 Å². The number of methoxy groups -OCH3 is 2. The number of halogens is 1. The highest BCUT2D eigenvalue weighted by Crippen LogP contribution is 2.25. The van der Waals surface area contributed by atoms with E-state index < -0.39 is 0 Å². The highest BCUT2D eigenvalue weighted by molar-refractivity contribution is 9.10. The van der Waals surface area contributed by atoms with Crippen LogP contribution in [0.5, 0.6) is 5.75 Å². The molecule has 0 spiro atoms. The average Bonchev–Trinajstić information content (AvgIpc) is 2.38. The van der Waals surface area contributed by atoms with Crippen LogP contribution in [-0.4, -0.2) is 33.4 Å². The summed E-state index contributed by atoms with van der Waals surface area (Å²) < 4.78 is 11.8. The minimum Gasteiger partial charge on any atom is -0.496 e. The molecule has 0 bridgehead atoms. The summed E-state index contributed by atoms with van der Waals surface area (Å²) in [6.45, 7) is 2.09. The zero-order valence-electron chi connectivity index (χ0n) is 11.5. The molecular formula is C14H22BrNO2. The molecule has 102 valence electrons. The number of ether oxygens (including phenoxy) is 2. The first kappa shape index (κ1) is 15.5. The van der Waals surface area contributed by atoms with Crippen LogP contribution in [-0.2, 0) is 11.2 Å². The highest BCUT2D eigenvalue weighted by Gasteiger charge is 2.14. The number of likely N-dealkylation sites (N-methyl/N-ethyl adjacent to an activating group) is 1. The third-order valence-electron chi connectivity index (χ3n) is 3.14. The van der Waals surface area contributed by atoms with Gasteiger partial charge in [-0.2, -0.15) is 0 Å². The molecule has 0 radical (unpaired) electrons. The van der Waals surface area contributed by atoms with Gasteiger partial charge >= 0.3 is 0 Å². The molecule has 0 aliphatic heterocycles. The van der Waals surface area contributed by atoms with Gasteiger partial charge in [0, 0.05) is 17.6 Å². The van der Waals surface area contributed by atoms with Crippen LogP contribution < -0.4 is 10.1 Å². The van der Waals surface area contributed by atoms with Crippen LogP contribution in [0.4, 0.5) is 0 Å². The van der Waals surface area contributed by atoms with Gasteiger partial charge in [-0.3, -0.25) is 0 Å². The number of rotatable bonds is 7. The van der Waals surface area contributed by atoms with E-state index >= 15 is 0 Å². The minimum absolute atomic E-state index is 0.251. The Morgan fingerprint density at radius 1 is 1.33 bits per heavy atom. The largest absolute Gasteiger partial charge is 0.496 e. The fourth-order valence-corrected chi connectivity index (χ4v) is 2.38. The van der Waals surface area contributed by atoms with Crippen molar-refractivity contribution in [2.75, 3.05) is 21.3 Å². The number of nitrogens with one attached hydrogen (secondary N) is 1. The molecule has 1 N–H and O–H groups in total. The molecule has 0 aromatic heterocycles. The molecule has 3 nitrogen and oxygen atoms in total. The maximum atomic E-state index is 5.40. The van der Waals surface area contributed by atoms with E-state index in [0.29, 0.717) is 6.04 Å². The van der Waals surface area contributed by atoms with E-state index in [2.05, 4.69) is 34.2 Å². The maximum absolute atomic E-state index is 5.40. The second-order valence-corrected chi connectivity index (χ2v) is 5.34.